The van der Waals surface area contributed by atoms with Gasteiger partial charge in [0.05, 0.1) is 0 Å². The molecule has 2 aromatic carbocycles. The lowest BCUT2D eigenvalue weighted by atomic mass is 10.1. The van der Waals surface area contributed by atoms with Crippen LogP contribution >= 0.6 is 15.9 Å². The second-order valence-corrected chi connectivity index (χ2v) is 4.79. The van der Waals surface area contributed by atoms with Crippen LogP contribution in [0.1, 0.15) is 11.7 Å². The van der Waals surface area contributed by atoms with Crippen LogP contribution in [0.25, 0.3) is 0 Å². The van der Waals surface area contributed by atoms with Gasteiger partial charge in [-0.2, -0.15) is 0 Å². The van der Waals surface area contributed by atoms with Crippen LogP contribution in [0, 0.1) is 0 Å². The molecule has 2 rings (SSSR count). The summed E-state index contributed by atoms with van der Waals surface area (Å²) in [5.74, 6) is 5.40. The first-order valence-electron chi connectivity index (χ1n) is 5.68. The molecule has 5 heteroatoms. The summed E-state index contributed by atoms with van der Waals surface area (Å²) in [6.07, 6.45) is -0.771. The average Bonchev–Trinajstić information content (AvgIpc) is 2.47. The smallest absolute Gasteiger partial charge is 0.279 e. The highest BCUT2D eigenvalue weighted by molar-refractivity contribution is 9.10. The zero-order valence-electron chi connectivity index (χ0n) is 10.0. The molecule has 4 nitrogen and oxygen atoms in total. The monoisotopic (exact) mass is 320 g/mol. The number of carbonyl (C=O) groups excluding carboxylic acids is 1. The molecule has 1 amide bonds. The summed E-state index contributed by atoms with van der Waals surface area (Å²) >= 11 is 3.34. The Kier molecular flexibility index (Phi) is 4.54. The number of nitrogens with two attached hydrogens (primary N) is 1. The molecule has 0 aliphatic carbocycles. The number of halogens is 1. The Morgan fingerprint density at radius 2 is 1.74 bits per heavy atom. The first-order chi connectivity index (χ1) is 9.20. The van der Waals surface area contributed by atoms with E-state index in [0.717, 1.165) is 10.0 Å². The molecular formula is C14H13BrN2O2. The Hall–Kier alpha value is -1.85. The Balaban J connectivity index is 2.24. The van der Waals surface area contributed by atoms with Gasteiger partial charge in [-0.1, -0.05) is 46.3 Å². The van der Waals surface area contributed by atoms with Crippen molar-refractivity contribution in [2.45, 2.75) is 6.10 Å². The molecule has 3 N–H and O–H groups in total. The van der Waals surface area contributed by atoms with Crippen LogP contribution in [0.5, 0.6) is 5.75 Å². The summed E-state index contributed by atoms with van der Waals surface area (Å²) < 4.78 is 6.64. The summed E-state index contributed by atoms with van der Waals surface area (Å²) in [6.45, 7) is 0. The van der Waals surface area contributed by atoms with Crippen molar-refractivity contribution in [3.8, 4) is 5.75 Å². The lowest BCUT2D eigenvalue weighted by Gasteiger charge is -2.17. The normalized spacial score (nSPS) is 11.7. The average molecular weight is 321 g/mol. The Bertz CT molecular complexity index is 543. The van der Waals surface area contributed by atoms with E-state index >= 15 is 0 Å². The predicted octanol–water partition coefficient (Wildman–Crippen LogP) is 2.56. The van der Waals surface area contributed by atoms with Gasteiger partial charge >= 0.3 is 0 Å². The molecule has 1 unspecified atom stereocenters. The molecule has 0 aliphatic heterocycles. The van der Waals surface area contributed by atoms with Gasteiger partial charge in [0.1, 0.15) is 5.75 Å². The van der Waals surface area contributed by atoms with Crippen molar-refractivity contribution in [3.63, 3.8) is 0 Å². The first kappa shape index (κ1) is 13.6. The van der Waals surface area contributed by atoms with Crippen LogP contribution in [0.15, 0.2) is 59.1 Å². The number of rotatable bonds is 4. The fraction of sp³-hybridized carbons (Fsp3) is 0.0714. The number of hydrogen-bond donors (Lipinski definition) is 2. The molecule has 0 saturated heterocycles. The summed E-state index contributed by atoms with van der Waals surface area (Å²) in [5.41, 5.74) is 2.87. The molecule has 0 bridgehead atoms. The minimum absolute atomic E-state index is 0.394. The van der Waals surface area contributed by atoms with Crippen LogP contribution in [0.2, 0.25) is 0 Å². The van der Waals surface area contributed by atoms with Gasteiger partial charge in [-0.3, -0.25) is 10.2 Å². The zero-order valence-corrected chi connectivity index (χ0v) is 11.6. The Labute approximate surface area is 119 Å². The number of amides is 1. The number of carbonyl (C=O) groups is 1. The summed E-state index contributed by atoms with van der Waals surface area (Å²) in [5, 5.41) is 0. The zero-order chi connectivity index (χ0) is 13.7. The van der Waals surface area contributed by atoms with Crippen molar-refractivity contribution >= 4 is 21.8 Å². The van der Waals surface area contributed by atoms with Crippen molar-refractivity contribution in [1.82, 2.24) is 5.43 Å². The number of hydrazine groups is 1. The number of hydrogen-bond acceptors (Lipinski definition) is 3. The Morgan fingerprint density at radius 1 is 1.11 bits per heavy atom. The third-order valence-electron chi connectivity index (χ3n) is 2.55. The first-order valence-corrected chi connectivity index (χ1v) is 6.47. The van der Waals surface area contributed by atoms with E-state index in [1.165, 1.54) is 0 Å². The van der Waals surface area contributed by atoms with Gasteiger partial charge < -0.3 is 4.74 Å². The number of ether oxygens (including phenoxy) is 1. The van der Waals surface area contributed by atoms with Crippen molar-refractivity contribution in [2.24, 2.45) is 5.84 Å². The van der Waals surface area contributed by atoms with E-state index in [4.69, 9.17) is 10.6 Å². The van der Waals surface area contributed by atoms with E-state index in [1.807, 2.05) is 42.5 Å². The highest BCUT2D eigenvalue weighted by atomic mass is 79.9. The largest absolute Gasteiger partial charge is 0.476 e. The molecule has 2 aromatic rings. The highest BCUT2D eigenvalue weighted by Crippen LogP contribution is 2.23. The molecular weight excluding hydrogens is 308 g/mol. The van der Waals surface area contributed by atoms with E-state index in [2.05, 4.69) is 21.4 Å². The maximum atomic E-state index is 11.8. The molecule has 0 aliphatic rings. The second kappa shape index (κ2) is 6.36. The Morgan fingerprint density at radius 3 is 2.32 bits per heavy atom. The lowest BCUT2D eigenvalue weighted by molar-refractivity contribution is -0.128. The van der Waals surface area contributed by atoms with Gasteiger partial charge in [-0.25, -0.2) is 5.84 Å². The molecule has 0 fully saturated rings. The van der Waals surface area contributed by atoms with Gasteiger partial charge in [0.15, 0.2) is 0 Å². The van der Waals surface area contributed by atoms with Gasteiger partial charge in [-0.15, -0.1) is 0 Å². The SMILES string of the molecule is NNC(=O)C(Oc1ccc(Br)cc1)c1ccccc1. The van der Waals surface area contributed by atoms with Gasteiger partial charge in [0, 0.05) is 10.0 Å². The number of benzene rings is 2. The van der Waals surface area contributed by atoms with Gasteiger partial charge in [0.25, 0.3) is 5.91 Å². The molecule has 0 aromatic heterocycles. The summed E-state index contributed by atoms with van der Waals surface area (Å²) in [4.78, 5) is 11.8. The molecule has 1 atom stereocenters. The van der Waals surface area contributed by atoms with E-state index in [-0.39, 0.29) is 0 Å². The van der Waals surface area contributed by atoms with E-state index in [9.17, 15) is 4.79 Å². The topological polar surface area (TPSA) is 64.3 Å². The van der Waals surface area contributed by atoms with Crippen LogP contribution in [-0.2, 0) is 4.79 Å². The quantitative estimate of drug-likeness (QED) is 0.517. The van der Waals surface area contributed by atoms with Gasteiger partial charge in [0.2, 0.25) is 6.10 Å². The minimum atomic E-state index is -0.771. The van der Waals surface area contributed by atoms with Crippen molar-refractivity contribution in [1.29, 1.82) is 0 Å². The molecule has 98 valence electrons. The fourth-order valence-electron chi connectivity index (χ4n) is 1.63. The molecule has 19 heavy (non-hydrogen) atoms. The maximum absolute atomic E-state index is 11.8. The molecule has 0 radical (unpaired) electrons. The van der Waals surface area contributed by atoms with E-state index in [1.54, 1.807) is 12.1 Å². The van der Waals surface area contributed by atoms with Crippen LogP contribution in [0.4, 0.5) is 0 Å². The van der Waals surface area contributed by atoms with Gasteiger partial charge in [-0.05, 0) is 24.3 Å². The van der Waals surface area contributed by atoms with Crippen molar-refractivity contribution in [3.05, 3.63) is 64.6 Å². The van der Waals surface area contributed by atoms with E-state index < -0.39 is 12.0 Å². The molecule has 0 saturated carbocycles. The predicted molar refractivity (Wildman–Crippen MR) is 76.3 cm³/mol. The number of nitrogens with one attached hydrogen (secondary N) is 1. The third-order valence-corrected chi connectivity index (χ3v) is 3.08. The summed E-state index contributed by atoms with van der Waals surface area (Å²) in [6, 6.07) is 16.5. The summed E-state index contributed by atoms with van der Waals surface area (Å²) in [7, 11) is 0. The fourth-order valence-corrected chi connectivity index (χ4v) is 1.89. The maximum Gasteiger partial charge on any atom is 0.279 e. The van der Waals surface area contributed by atoms with E-state index in [0.29, 0.717) is 5.75 Å². The molecule has 0 heterocycles. The standard InChI is InChI=1S/C14H13BrN2O2/c15-11-6-8-12(9-7-11)19-13(14(18)17-16)10-4-2-1-3-5-10/h1-9,13H,16H2,(H,17,18). The second-order valence-electron chi connectivity index (χ2n) is 3.87. The lowest BCUT2D eigenvalue weighted by Crippen LogP contribution is -2.37. The minimum Gasteiger partial charge on any atom is -0.476 e. The molecule has 0 spiro atoms. The van der Waals surface area contributed by atoms with Crippen LogP contribution < -0.4 is 16.0 Å². The van der Waals surface area contributed by atoms with Crippen molar-refractivity contribution < 1.29 is 9.53 Å². The van der Waals surface area contributed by atoms with Crippen LogP contribution in [-0.4, -0.2) is 5.91 Å². The van der Waals surface area contributed by atoms with Crippen molar-refractivity contribution in [2.75, 3.05) is 0 Å². The van der Waals surface area contributed by atoms with Crippen LogP contribution in [0.3, 0.4) is 0 Å². The third kappa shape index (κ3) is 3.56. The highest BCUT2D eigenvalue weighted by Gasteiger charge is 2.21.